The van der Waals surface area contributed by atoms with Crippen LogP contribution in [0.5, 0.6) is 0 Å². The quantitative estimate of drug-likeness (QED) is 0.613. The molecule has 1 nitrogen and oxygen atoms in total. The lowest BCUT2D eigenvalue weighted by molar-refractivity contribution is 0.626. The van der Waals surface area contributed by atoms with Crippen molar-refractivity contribution in [3.63, 3.8) is 0 Å². The average Bonchev–Trinajstić information content (AvgIpc) is 2.14. The van der Waals surface area contributed by atoms with Crippen molar-refractivity contribution in [1.82, 2.24) is 5.32 Å². The van der Waals surface area contributed by atoms with Crippen molar-refractivity contribution in [2.24, 2.45) is 0 Å². The van der Waals surface area contributed by atoms with E-state index in [1.54, 1.807) is 6.07 Å². The van der Waals surface area contributed by atoms with E-state index in [0.717, 1.165) is 12.1 Å². The minimum absolute atomic E-state index is 0.298. The van der Waals surface area contributed by atoms with Gasteiger partial charge in [0.15, 0.2) is 0 Å². The molecular formula is C12H15ClFN. The third-order valence-corrected chi connectivity index (χ3v) is 2.34. The summed E-state index contributed by atoms with van der Waals surface area (Å²) in [6.07, 6.45) is 2.09. The first-order valence-electron chi connectivity index (χ1n) is 4.87. The van der Waals surface area contributed by atoms with E-state index in [9.17, 15) is 4.39 Å². The first kappa shape index (κ1) is 12.2. The Labute approximate surface area is 95.0 Å². The molecule has 0 unspecified atom stereocenters. The maximum atomic E-state index is 12.7. The van der Waals surface area contributed by atoms with Crippen LogP contribution in [-0.2, 0) is 6.54 Å². The highest BCUT2D eigenvalue weighted by Gasteiger charge is 2.00. The lowest BCUT2D eigenvalue weighted by atomic mass is 10.2. The molecule has 0 heterocycles. The number of hydrogen-bond acceptors (Lipinski definition) is 1. The molecule has 15 heavy (non-hydrogen) atoms. The first-order chi connectivity index (χ1) is 7.09. The summed E-state index contributed by atoms with van der Waals surface area (Å²) in [5.41, 5.74) is 2.19. The number of allylic oxidation sites excluding steroid dienone is 1. The molecule has 1 aromatic carbocycles. The molecule has 1 N–H and O–H groups in total. The molecule has 0 amide bonds. The zero-order valence-corrected chi connectivity index (χ0v) is 9.74. The highest BCUT2D eigenvalue weighted by molar-refractivity contribution is 6.31. The minimum Gasteiger partial charge on any atom is -0.309 e. The van der Waals surface area contributed by atoms with Crippen LogP contribution in [0, 0.1) is 5.82 Å². The molecule has 0 aliphatic rings. The Morgan fingerprint density at radius 3 is 2.80 bits per heavy atom. The van der Waals surface area contributed by atoms with E-state index in [1.807, 2.05) is 13.8 Å². The molecule has 0 saturated heterocycles. The lowest BCUT2D eigenvalue weighted by Gasteiger charge is -2.04. The highest BCUT2D eigenvalue weighted by atomic mass is 35.5. The van der Waals surface area contributed by atoms with Gasteiger partial charge in [0.05, 0.1) is 0 Å². The van der Waals surface area contributed by atoms with E-state index in [-0.39, 0.29) is 5.82 Å². The highest BCUT2D eigenvalue weighted by Crippen LogP contribution is 2.16. The SMILES string of the molecule is CC(C)=CCNCc1ccc(F)cc1Cl. The Balaban J connectivity index is 2.47. The molecule has 82 valence electrons. The molecule has 0 aromatic heterocycles. The summed E-state index contributed by atoms with van der Waals surface area (Å²) in [7, 11) is 0. The summed E-state index contributed by atoms with van der Waals surface area (Å²) in [5, 5.41) is 3.68. The van der Waals surface area contributed by atoms with E-state index in [2.05, 4.69) is 11.4 Å². The zero-order chi connectivity index (χ0) is 11.3. The van der Waals surface area contributed by atoms with E-state index in [0.29, 0.717) is 11.6 Å². The maximum Gasteiger partial charge on any atom is 0.124 e. The fourth-order valence-corrected chi connectivity index (χ4v) is 1.38. The standard InChI is InChI=1S/C12H15ClFN/c1-9(2)5-6-15-8-10-3-4-11(14)7-12(10)13/h3-5,7,15H,6,8H2,1-2H3. The minimum atomic E-state index is -0.298. The van der Waals surface area contributed by atoms with Gasteiger partial charge in [-0.05, 0) is 31.5 Å². The Hall–Kier alpha value is -0.860. The maximum absolute atomic E-state index is 12.7. The van der Waals surface area contributed by atoms with Gasteiger partial charge >= 0.3 is 0 Å². The van der Waals surface area contributed by atoms with E-state index in [4.69, 9.17) is 11.6 Å². The van der Waals surface area contributed by atoms with Crippen molar-refractivity contribution in [1.29, 1.82) is 0 Å². The van der Waals surface area contributed by atoms with Gasteiger partial charge < -0.3 is 5.32 Å². The van der Waals surface area contributed by atoms with Gasteiger partial charge in [0, 0.05) is 18.1 Å². The molecule has 3 heteroatoms. The van der Waals surface area contributed by atoms with Gasteiger partial charge in [0.2, 0.25) is 0 Å². The largest absolute Gasteiger partial charge is 0.309 e. The Morgan fingerprint density at radius 2 is 2.20 bits per heavy atom. The summed E-state index contributed by atoms with van der Waals surface area (Å²) >= 11 is 5.88. The van der Waals surface area contributed by atoms with Gasteiger partial charge in [-0.2, -0.15) is 0 Å². The van der Waals surface area contributed by atoms with Crippen molar-refractivity contribution in [3.05, 3.63) is 46.3 Å². The van der Waals surface area contributed by atoms with Crippen LogP contribution in [0.4, 0.5) is 4.39 Å². The Kier molecular flexibility index (Phi) is 4.79. The molecule has 1 aromatic rings. The second-order valence-electron chi connectivity index (χ2n) is 3.65. The summed E-state index contributed by atoms with van der Waals surface area (Å²) in [6.45, 7) is 5.55. The number of benzene rings is 1. The molecule has 0 aliphatic heterocycles. The Bertz CT molecular complexity index is 357. The molecule has 0 radical (unpaired) electrons. The monoisotopic (exact) mass is 227 g/mol. The third kappa shape index (κ3) is 4.45. The van der Waals surface area contributed by atoms with Crippen molar-refractivity contribution >= 4 is 11.6 Å². The van der Waals surface area contributed by atoms with E-state index < -0.39 is 0 Å². The third-order valence-electron chi connectivity index (χ3n) is 1.99. The molecule has 0 bridgehead atoms. The van der Waals surface area contributed by atoms with Crippen LogP contribution in [0.3, 0.4) is 0 Å². The van der Waals surface area contributed by atoms with Gasteiger partial charge in [-0.3, -0.25) is 0 Å². The molecular weight excluding hydrogens is 213 g/mol. The van der Waals surface area contributed by atoms with Crippen LogP contribution in [0.2, 0.25) is 5.02 Å². The van der Waals surface area contributed by atoms with Crippen LogP contribution >= 0.6 is 11.6 Å². The van der Waals surface area contributed by atoms with E-state index in [1.165, 1.54) is 17.7 Å². The number of rotatable bonds is 4. The summed E-state index contributed by atoms with van der Waals surface area (Å²) in [5.74, 6) is -0.298. The fraction of sp³-hybridized carbons (Fsp3) is 0.333. The second kappa shape index (κ2) is 5.89. The van der Waals surface area contributed by atoms with Crippen LogP contribution in [0.1, 0.15) is 19.4 Å². The van der Waals surface area contributed by atoms with Gasteiger partial charge in [-0.1, -0.05) is 29.3 Å². The van der Waals surface area contributed by atoms with Crippen molar-refractivity contribution in [3.8, 4) is 0 Å². The van der Waals surface area contributed by atoms with E-state index >= 15 is 0 Å². The predicted molar refractivity (Wildman–Crippen MR) is 62.5 cm³/mol. The van der Waals surface area contributed by atoms with Gasteiger partial charge in [-0.15, -0.1) is 0 Å². The molecule has 0 atom stereocenters. The lowest BCUT2D eigenvalue weighted by Crippen LogP contribution is -2.13. The van der Waals surface area contributed by atoms with Crippen LogP contribution in [0.15, 0.2) is 29.8 Å². The van der Waals surface area contributed by atoms with Crippen molar-refractivity contribution in [2.75, 3.05) is 6.54 Å². The zero-order valence-electron chi connectivity index (χ0n) is 8.98. The van der Waals surface area contributed by atoms with Crippen LogP contribution < -0.4 is 5.32 Å². The molecule has 1 rings (SSSR count). The summed E-state index contributed by atoms with van der Waals surface area (Å²) in [4.78, 5) is 0. The topological polar surface area (TPSA) is 12.0 Å². The normalized spacial score (nSPS) is 10.1. The first-order valence-corrected chi connectivity index (χ1v) is 5.25. The number of halogens is 2. The van der Waals surface area contributed by atoms with Crippen LogP contribution in [0.25, 0.3) is 0 Å². The smallest absolute Gasteiger partial charge is 0.124 e. The molecule has 0 aliphatic carbocycles. The fourth-order valence-electron chi connectivity index (χ4n) is 1.15. The molecule has 0 spiro atoms. The van der Waals surface area contributed by atoms with Crippen molar-refractivity contribution < 1.29 is 4.39 Å². The number of hydrogen-bond donors (Lipinski definition) is 1. The predicted octanol–water partition coefficient (Wildman–Crippen LogP) is 3.53. The molecule has 0 fully saturated rings. The second-order valence-corrected chi connectivity index (χ2v) is 4.06. The molecule has 0 saturated carbocycles. The number of nitrogens with one attached hydrogen (secondary N) is 1. The summed E-state index contributed by atoms with van der Waals surface area (Å²) < 4.78 is 12.7. The summed E-state index contributed by atoms with van der Waals surface area (Å²) in [6, 6.07) is 4.45. The van der Waals surface area contributed by atoms with Gasteiger partial charge in [0.1, 0.15) is 5.82 Å². The van der Waals surface area contributed by atoms with Gasteiger partial charge in [-0.25, -0.2) is 4.39 Å². The van der Waals surface area contributed by atoms with Crippen LogP contribution in [-0.4, -0.2) is 6.54 Å². The van der Waals surface area contributed by atoms with Gasteiger partial charge in [0.25, 0.3) is 0 Å². The average molecular weight is 228 g/mol. The van der Waals surface area contributed by atoms with Crippen molar-refractivity contribution in [2.45, 2.75) is 20.4 Å². The Morgan fingerprint density at radius 1 is 1.47 bits per heavy atom.